The summed E-state index contributed by atoms with van der Waals surface area (Å²) in [4.78, 5) is 0. The summed E-state index contributed by atoms with van der Waals surface area (Å²) in [7, 11) is 0. The van der Waals surface area contributed by atoms with E-state index in [0.717, 1.165) is 31.2 Å². The van der Waals surface area contributed by atoms with E-state index >= 15 is 0 Å². The molecular formula is C25H28FNO. The number of halogens is 1. The average molecular weight is 378 g/mol. The van der Waals surface area contributed by atoms with Crippen LogP contribution in [0.15, 0.2) is 66.7 Å². The van der Waals surface area contributed by atoms with E-state index < -0.39 is 5.60 Å². The molecule has 3 aromatic carbocycles. The molecule has 1 aliphatic carbocycles. The van der Waals surface area contributed by atoms with Crippen LogP contribution in [-0.2, 0) is 6.54 Å². The summed E-state index contributed by atoms with van der Waals surface area (Å²) >= 11 is 0. The molecule has 2 nitrogen and oxygen atoms in total. The van der Waals surface area contributed by atoms with Crippen LogP contribution in [0, 0.1) is 5.82 Å². The molecule has 3 aromatic rings. The Kier molecular flexibility index (Phi) is 5.74. The van der Waals surface area contributed by atoms with Crippen molar-refractivity contribution in [3.8, 4) is 0 Å². The Morgan fingerprint density at radius 2 is 1.61 bits per heavy atom. The van der Waals surface area contributed by atoms with E-state index in [-0.39, 0.29) is 11.7 Å². The van der Waals surface area contributed by atoms with E-state index in [1.807, 2.05) is 12.1 Å². The summed E-state index contributed by atoms with van der Waals surface area (Å²) in [6.07, 6.45) is 5.07. The number of hydrogen-bond donors (Lipinski definition) is 2. The van der Waals surface area contributed by atoms with Gasteiger partial charge in [-0.3, -0.25) is 0 Å². The fourth-order valence-corrected chi connectivity index (χ4v) is 4.52. The van der Waals surface area contributed by atoms with Crippen LogP contribution in [0.5, 0.6) is 0 Å². The zero-order valence-electron chi connectivity index (χ0n) is 16.2. The van der Waals surface area contributed by atoms with Gasteiger partial charge < -0.3 is 10.4 Å². The van der Waals surface area contributed by atoms with Gasteiger partial charge in [-0.2, -0.15) is 0 Å². The molecule has 2 N–H and O–H groups in total. The van der Waals surface area contributed by atoms with Crippen molar-refractivity contribution in [3.63, 3.8) is 0 Å². The molecule has 0 radical (unpaired) electrons. The molecule has 0 aliphatic heterocycles. The topological polar surface area (TPSA) is 32.3 Å². The number of rotatable bonds is 6. The van der Waals surface area contributed by atoms with Gasteiger partial charge in [0.2, 0.25) is 0 Å². The molecule has 1 atom stereocenters. The fraction of sp³-hybridized carbons (Fsp3) is 0.360. The maximum absolute atomic E-state index is 13.1. The molecule has 0 bridgehead atoms. The number of benzene rings is 3. The summed E-state index contributed by atoms with van der Waals surface area (Å²) in [5.74, 6) is -0.174. The van der Waals surface area contributed by atoms with Gasteiger partial charge in [0.15, 0.2) is 0 Å². The number of nitrogens with one attached hydrogen (secondary N) is 1. The van der Waals surface area contributed by atoms with Gasteiger partial charge in [-0.15, -0.1) is 0 Å². The Labute approximate surface area is 166 Å². The molecule has 146 valence electrons. The summed E-state index contributed by atoms with van der Waals surface area (Å²) in [6, 6.07) is 21.5. The summed E-state index contributed by atoms with van der Waals surface area (Å²) < 4.78 is 13.1. The highest BCUT2D eigenvalue weighted by Crippen LogP contribution is 2.40. The Morgan fingerprint density at radius 3 is 2.36 bits per heavy atom. The zero-order valence-corrected chi connectivity index (χ0v) is 16.2. The molecule has 1 fully saturated rings. The summed E-state index contributed by atoms with van der Waals surface area (Å²) in [5.41, 5.74) is 1.57. The minimum absolute atomic E-state index is 0.0397. The molecule has 0 amide bonds. The second-order valence-electron chi connectivity index (χ2n) is 8.08. The Bertz CT molecular complexity index is 915. The van der Waals surface area contributed by atoms with Crippen molar-refractivity contribution in [3.05, 3.63) is 83.7 Å². The van der Waals surface area contributed by atoms with Crippen LogP contribution in [0.2, 0.25) is 0 Å². The molecular weight excluding hydrogens is 349 g/mol. The highest BCUT2D eigenvalue weighted by molar-refractivity contribution is 5.83. The molecule has 28 heavy (non-hydrogen) atoms. The molecule has 3 heteroatoms. The lowest BCUT2D eigenvalue weighted by molar-refractivity contribution is -0.0216. The van der Waals surface area contributed by atoms with Crippen LogP contribution in [0.1, 0.15) is 49.1 Å². The first kappa shape index (κ1) is 19.1. The standard InChI is InChI=1S/C25H28FNO/c26-23-12-8-19(9-13-23)17-27-18-24(25(28)14-4-1-5-15-25)22-11-10-20-6-2-3-7-21(20)16-22/h2-3,6-13,16,24,27-28H,1,4-5,14-15,17-18H2. The fourth-order valence-electron chi connectivity index (χ4n) is 4.52. The summed E-state index contributed by atoms with van der Waals surface area (Å²) in [6.45, 7) is 1.37. The van der Waals surface area contributed by atoms with Crippen molar-refractivity contribution in [2.45, 2.75) is 50.2 Å². The van der Waals surface area contributed by atoms with Gasteiger partial charge in [0.1, 0.15) is 5.82 Å². The third-order valence-electron chi connectivity index (χ3n) is 6.13. The predicted molar refractivity (Wildman–Crippen MR) is 113 cm³/mol. The lowest BCUT2D eigenvalue weighted by Crippen LogP contribution is -2.43. The molecule has 4 rings (SSSR count). The molecule has 0 heterocycles. The lowest BCUT2D eigenvalue weighted by atomic mass is 9.72. The van der Waals surface area contributed by atoms with E-state index in [0.29, 0.717) is 13.1 Å². The predicted octanol–water partition coefficient (Wildman–Crippen LogP) is 5.55. The van der Waals surface area contributed by atoms with Crippen molar-refractivity contribution in [2.75, 3.05) is 6.54 Å². The van der Waals surface area contributed by atoms with Crippen molar-refractivity contribution in [2.24, 2.45) is 0 Å². The highest BCUT2D eigenvalue weighted by atomic mass is 19.1. The molecule has 0 spiro atoms. The first-order chi connectivity index (χ1) is 13.6. The first-order valence-electron chi connectivity index (χ1n) is 10.3. The molecule has 1 saturated carbocycles. The Morgan fingerprint density at radius 1 is 0.893 bits per heavy atom. The second kappa shape index (κ2) is 8.42. The van der Waals surface area contributed by atoms with E-state index in [9.17, 15) is 9.50 Å². The smallest absolute Gasteiger partial charge is 0.123 e. The van der Waals surface area contributed by atoms with Crippen LogP contribution in [0.3, 0.4) is 0 Å². The van der Waals surface area contributed by atoms with E-state index in [1.54, 1.807) is 0 Å². The van der Waals surface area contributed by atoms with Crippen LogP contribution >= 0.6 is 0 Å². The van der Waals surface area contributed by atoms with Gasteiger partial charge in [-0.05, 0) is 46.9 Å². The molecule has 1 unspecified atom stereocenters. The largest absolute Gasteiger partial charge is 0.389 e. The van der Waals surface area contributed by atoms with Gasteiger partial charge in [0.25, 0.3) is 0 Å². The maximum Gasteiger partial charge on any atom is 0.123 e. The monoisotopic (exact) mass is 377 g/mol. The normalized spacial score (nSPS) is 17.5. The number of hydrogen-bond acceptors (Lipinski definition) is 2. The van der Waals surface area contributed by atoms with Crippen molar-refractivity contribution in [1.82, 2.24) is 5.32 Å². The minimum Gasteiger partial charge on any atom is -0.389 e. The van der Waals surface area contributed by atoms with Gasteiger partial charge in [0, 0.05) is 19.0 Å². The van der Waals surface area contributed by atoms with Gasteiger partial charge in [-0.25, -0.2) is 4.39 Å². The van der Waals surface area contributed by atoms with E-state index in [1.165, 1.54) is 34.9 Å². The number of aliphatic hydroxyl groups is 1. The highest BCUT2D eigenvalue weighted by Gasteiger charge is 2.38. The minimum atomic E-state index is -0.670. The Hall–Kier alpha value is -2.23. The number of fused-ring (bicyclic) bond motifs is 1. The Balaban J connectivity index is 1.56. The second-order valence-corrected chi connectivity index (χ2v) is 8.08. The van der Waals surface area contributed by atoms with Crippen molar-refractivity contribution < 1.29 is 9.50 Å². The van der Waals surface area contributed by atoms with Gasteiger partial charge in [-0.1, -0.05) is 73.9 Å². The SMILES string of the molecule is OC1(C(CNCc2ccc(F)cc2)c2ccc3ccccc3c2)CCCCC1. The van der Waals surface area contributed by atoms with Crippen LogP contribution in [0.25, 0.3) is 10.8 Å². The van der Waals surface area contributed by atoms with E-state index in [2.05, 4.69) is 47.8 Å². The molecule has 0 aromatic heterocycles. The van der Waals surface area contributed by atoms with Gasteiger partial charge >= 0.3 is 0 Å². The van der Waals surface area contributed by atoms with Crippen molar-refractivity contribution >= 4 is 10.8 Å². The van der Waals surface area contributed by atoms with E-state index in [4.69, 9.17) is 0 Å². The van der Waals surface area contributed by atoms with Crippen LogP contribution < -0.4 is 5.32 Å². The van der Waals surface area contributed by atoms with Gasteiger partial charge in [0.05, 0.1) is 5.60 Å². The maximum atomic E-state index is 13.1. The van der Waals surface area contributed by atoms with Crippen LogP contribution in [-0.4, -0.2) is 17.3 Å². The lowest BCUT2D eigenvalue weighted by Gasteiger charge is -2.40. The third-order valence-corrected chi connectivity index (χ3v) is 6.13. The average Bonchev–Trinajstić information content (AvgIpc) is 2.72. The third kappa shape index (κ3) is 4.26. The van der Waals surface area contributed by atoms with Crippen molar-refractivity contribution in [1.29, 1.82) is 0 Å². The zero-order chi connectivity index (χ0) is 19.4. The quantitative estimate of drug-likeness (QED) is 0.590. The van der Waals surface area contributed by atoms with Crippen LogP contribution in [0.4, 0.5) is 4.39 Å². The first-order valence-corrected chi connectivity index (χ1v) is 10.3. The molecule has 0 saturated heterocycles. The molecule has 1 aliphatic rings. The summed E-state index contributed by atoms with van der Waals surface area (Å²) in [5, 5.41) is 17.4.